The third-order valence-electron chi connectivity index (χ3n) is 2.78. The van der Waals surface area contributed by atoms with Crippen molar-refractivity contribution in [2.45, 2.75) is 6.92 Å². The number of aryl methyl sites for hydroxylation is 1. The van der Waals surface area contributed by atoms with Crippen LogP contribution < -0.4 is 5.69 Å². The van der Waals surface area contributed by atoms with E-state index in [1.165, 1.54) is 10.1 Å². The highest BCUT2D eigenvalue weighted by atomic mass is 32.1. The van der Waals surface area contributed by atoms with E-state index in [4.69, 9.17) is 12.2 Å². The summed E-state index contributed by atoms with van der Waals surface area (Å²) >= 11 is 4.93. The number of aromatic amines is 2. The molecule has 0 aliphatic carbocycles. The highest BCUT2D eigenvalue weighted by molar-refractivity contribution is 7.71. The summed E-state index contributed by atoms with van der Waals surface area (Å²) < 4.78 is 1.53. The van der Waals surface area contributed by atoms with Gasteiger partial charge in [-0.05, 0) is 24.7 Å². The largest absolute Gasteiger partial charge is 0.348 e. The Balaban J connectivity index is 2.33. The number of nitrogens with one attached hydrogen (secondary N) is 2. The first-order chi connectivity index (χ1) is 8.65. The molecule has 0 unspecified atom stereocenters. The molecule has 18 heavy (non-hydrogen) atoms. The minimum absolute atomic E-state index is 0.188. The quantitative estimate of drug-likeness (QED) is 0.656. The van der Waals surface area contributed by atoms with E-state index in [1.54, 1.807) is 6.20 Å². The predicted molar refractivity (Wildman–Crippen MR) is 71.2 cm³/mol. The molecule has 0 fully saturated rings. The molecule has 0 aliphatic heterocycles. The maximum absolute atomic E-state index is 11.7. The number of fused-ring (bicyclic) bond motifs is 1. The van der Waals surface area contributed by atoms with Gasteiger partial charge in [-0.2, -0.15) is 9.50 Å². The van der Waals surface area contributed by atoms with Gasteiger partial charge in [0.2, 0.25) is 4.77 Å². The van der Waals surface area contributed by atoms with Crippen LogP contribution in [0.3, 0.4) is 0 Å². The van der Waals surface area contributed by atoms with Crippen molar-refractivity contribution in [3.63, 3.8) is 0 Å². The fraction of sp³-hybridized carbons (Fsp3) is 0.0833. The van der Waals surface area contributed by atoms with Crippen molar-refractivity contribution in [2.75, 3.05) is 0 Å². The summed E-state index contributed by atoms with van der Waals surface area (Å²) in [5, 5.41) is 2.86. The van der Waals surface area contributed by atoms with E-state index < -0.39 is 0 Å². The highest BCUT2D eigenvalue weighted by Gasteiger charge is 2.08. The Kier molecular flexibility index (Phi) is 2.38. The number of aromatic nitrogens is 4. The molecule has 0 radical (unpaired) electrons. The summed E-state index contributed by atoms with van der Waals surface area (Å²) in [6.07, 6.45) is 1.75. The van der Waals surface area contributed by atoms with Crippen LogP contribution in [0.1, 0.15) is 5.56 Å². The molecule has 3 rings (SSSR count). The van der Waals surface area contributed by atoms with E-state index in [0.29, 0.717) is 5.65 Å². The van der Waals surface area contributed by atoms with Crippen molar-refractivity contribution >= 4 is 17.9 Å². The van der Waals surface area contributed by atoms with Crippen LogP contribution in [0.2, 0.25) is 0 Å². The van der Waals surface area contributed by atoms with Gasteiger partial charge in [-0.3, -0.25) is 10.1 Å². The molecule has 0 bridgehead atoms. The standard InChI is InChI=1S/C12H10N4OS/c1-7-2-4-8(5-3-7)9-6-13-16-10(9)14-11(18)15-12(16)17/h2-6,13H,1H3,(H,15,17,18). The van der Waals surface area contributed by atoms with Crippen molar-refractivity contribution in [1.29, 1.82) is 0 Å². The first kappa shape index (κ1) is 10.9. The van der Waals surface area contributed by atoms with Gasteiger partial charge < -0.3 is 0 Å². The fourth-order valence-electron chi connectivity index (χ4n) is 1.86. The lowest BCUT2D eigenvalue weighted by atomic mass is 10.1. The van der Waals surface area contributed by atoms with Gasteiger partial charge in [-0.15, -0.1) is 0 Å². The zero-order chi connectivity index (χ0) is 12.7. The van der Waals surface area contributed by atoms with Crippen LogP contribution in [0.25, 0.3) is 16.8 Å². The first-order valence-corrected chi connectivity index (χ1v) is 5.83. The second-order valence-electron chi connectivity index (χ2n) is 4.06. The Bertz CT molecular complexity index is 826. The lowest BCUT2D eigenvalue weighted by Gasteiger charge is -1.99. The molecule has 0 saturated heterocycles. The molecule has 2 heterocycles. The van der Waals surface area contributed by atoms with Gasteiger partial charge >= 0.3 is 5.69 Å². The maximum atomic E-state index is 11.7. The normalized spacial score (nSPS) is 10.9. The van der Waals surface area contributed by atoms with Gasteiger partial charge in [-0.25, -0.2) is 4.79 Å². The Morgan fingerprint density at radius 1 is 1.28 bits per heavy atom. The molecule has 3 aromatic rings. The van der Waals surface area contributed by atoms with E-state index in [0.717, 1.165) is 11.1 Å². The maximum Gasteiger partial charge on any atom is 0.348 e. The third-order valence-corrected chi connectivity index (χ3v) is 2.97. The van der Waals surface area contributed by atoms with Crippen LogP contribution >= 0.6 is 12.2 Å². The van der Waals surface area contributed by atoms with E-state index in [1.807, 2.05) is 31.2 Å². The number of H-pyrrole nitrogens is 2. The van der Waals surface area contributed by atoms with Crippen LogP contribution in [-0.4, -0.2) is 19.6 Å². The fourth-order valence-corrected chi connectivity index (χ4v) is 2.03. The molecule has 0 amide bonds. The van der Waals surface area contributed by atoms with E-state index in [9.17, 15) is 4.79 Å². The molecule has 90 valence electrons. The lowest BCUT2D eigenvalue weighted by Crippen LogP contribution is -2.18. The SMILES string of the molecule is Cc1ccc(-c2c[nH]n3c(=O)[nH]c(=S)nc23)cc1. The van der Waals surface area contributed by atoms with Crippen molar-refractivity contribution in [2.24, 2.45) is 0 Å². The lowest BCUT2D eigenvalue weighted by molar-refractivity contribution is 0.833. The van der Waals surface area contributed by atoms with Crippen molar-refractivity contribution < 1.29 is 0 Å². The van der Waals surface area contributed by atoms with Gasteiger partial charge in [0.15, 0.2) is 5.65 Å². The summed E-state index contributed by atoms with van der Waals surface area (Å²) in [7, 11) is 0. The number of hydrogen-bond acceptors (Lipinski definition) is 3. The number of benzene rings is 1. The van der Waals surface area contributed by atoms with Crippen LogP contribution in [0, 0.1) is 11.7 Å². The summed E-state index contributed by atoms with van der Waals surface area (Å²) in [4.78, 5) is 18.3. The Morgan fingerprint density at radius 2 is 2.00 bits per heavy atom. The summed E-state index contributed by atoms with van der Waals surface area (Å²) in [6, 6.07) is 8.01. The third kappa shape index (κ3) is 1.67. The van der Waals surface area contributed by atoms with Crippen LogP contribution in [0.5, 0.6) is 0 Å². The first-order valence-electron chi connectivity index (χ1n) is 5.42. The molecule has 0 atom stereocenters. The molecule has 6 heteroatoms. The van der Waals surface area contributed by atoms with Crippen LogP contribution in [-0.2, 0) is 0 Å². The molecule has 5 nitrogen and oxygen atoms in total. The van der Waals surface area contributed by atoms with Crippen molar-refractivity contribution in [3.05, 3.63) is 51.3 Å². The average Bonchev–Trinajstić information content (AvgIpc) is 2.74. The monoisotopic (exact) mass is 258 g/mol. The summed E-state index contributed by atoms with van der Waals surface area (Å²) in [5.41, 5.74) is 3.25. The van der Waals surface area contributed by atoms with E-state index in [-0.39, 0.29) is 10.5 Å². The molecule has 2 N–H and O–H groups in total. The topological polar surface area (TPSA) is 65.9 Å². The molecule has 1 aromatic carbocycles. The number of nitrogens with zero attached hydrogens (tertiary/aromatic N) is 2. The van der Waals surface area contributed by atoms with Gasteiger partial charge in [0.05, 0.1) is 0 Å². The predicted octanol–water partition coefficient (Wildman–Crippen LogP) is 2.06. The average molecular weight is 258 g/mol. The Hall–Kier alpha value is -2.21. The van der Waals surface area contributed by atoms with Gasteiger partial charge in [-0.1, -0.05) is 29.8 Å². The second-order valence-corrected chi connectivity index (χ2v) is 4.45. The van der Waals surface area contributed by atoms with E-state index in [2.05, 4.69) is 15.1 Å². The zero-order valence-electron chi connectivity index (χ0n) is 9.60. The van der Waals surface area contributed by atoms with Crippen LogP contribution in [0.4, 0.5) is 0 Å². The molecule has 0 aliphatic rings. The Morgan fingerprint density at radius 3 is 2.72 bits per heavy atom. The van der Waals surface area contributed by atoms with Crippen molar-refractivity contribution in [3.8, 4) is 11.1 Å². The number of rotatable bonds is 1. The summed E-state index contributed by atoms with van der Waals surface area (Å²) in [6.45, 7) is 2.03. The molecular formula is C12H10N4OS. The smallest absolute Gasteiger partial charge is 0.295 e. The highest BCUT2D eigenvalue weighted by Crippen LogP contribution is 2.22. The van der Waals surface area contributed by atoms with Gasteiger partial charge in [0.1, 0.15) is 0 Å². The Labute approximate surface area is 107 Å². The molecule has 0 saturated carbocycles. The summed E-state index contributed by atoms with van der Waals surface area (Å²) in [5.74, 6) is 0. The molecule has 0 spiro atoms. The van der Waals surface area contributed by atoms with Gasteiger partial charge in [0, 0.05) is 11.8 Å². The molecular weight excluding hydrogens is 248 g/mol. The van der Waals surface area contributed by atoms with Gasteiger partial charge in [0.25, 0.3) is 0 Å². The minimum atomic E-state index is -0.316. The number of hydrogen-bond donors (Lipinski definition) is 2. The minimum Gasteiger partial charge on any atom is -0.295 e. The zero-order valence-corrected chi connectivity index (χ0v) is 10.4. The second kappa shape index (κ2) is 3.92. The van der Waals surface area contributed by atoms with Crippen LogP contribution in [0.15, 0.2) is 35.3 Å². The molecule has 2 aromatic heterocycles. The van der Waals surface area contributed by atoms with E-state index >= 15 is 0 Å². The van der Waals surface area contributed by atoms with Crippen molar-refractivity contribution in [1.82, 2.24) is 19.6 Å².